The molecule has 0 saturated carbocycles. The molecule has 1 aliphatic heterocycles. The number of nitrogens with one attached hydrogen (secondary N) is 1. The Morgan fingerprint density at radius 3 is 2.88 bits per heavy atom. The molecule has 0 aromatic heterocycles. The van der Waals surface area contributed by atoms with Crippen molar-refractivity contribution in [2.45, 2.75) is 32.6 Å². The number of ether oxygens (including phenoxy) is 2. The van der Waals surface area contributed by atoms with Gasteiger partial charge >= 0.3 is 6.09 Å². The Kier molecular flexibility index (Phi) is 4.00. The smallest absolute Gasteiger partial charge is 0.407 e. The molecule has 0 spiro atoms. The van der Waals surface area contributed by atoms with Crippen LogP contribution in [-0.2, 0) is 9.47 Å². The standard InChI is InChI=1S/C10H18N2O4/c1-10(2,3)16-9(14)11-6-8-12(7-13)4-5-15-8/h4-5,8,13H,6-7H2,1-3H3,(H,11,14). The third-order valence-electron chi connectivity index (χ3n) is 1.84. The quantitative estimate of drug-likeness (QED) is 0.742. The van der Waals surface area contributed by atoms with Gasteiger partial charge in [0.1, 0.15) is 18.6 Å². The molecule has 6 nitrogen and oxygen atoms in total. The van der Waals surface area contributed by atoms with Crippen molar-refractivity contribution in [3.63, 3.8) is 0 Å². The van der Waals surface area contributed by atoms with Gasteiger partial charge in [0.2, 0.25) is 0 Å². The first-order valence-corrected chi connectivity index (χ1v) is 5.08. The van der Waals surface area contributed by atoms with E-state index in [4.69, 9.17) is 14.6 Å². The fourth-order valence-corrected chi connectivity index (χ4v) is 1.17. The van der Waals surface area contributed by atoms with Crippen LogP contribution >= 0.6 is 0 Å². The zero-order valence-electron chi connectivity index (χ0n) is 9.77. The Morgan fingerprint density at radius 1 is 1.62 bits per heavy atom. The maximum absolute atomic E-state index is 11.3. The highest BCUT2D eigenvalue weighted by atomic mass is 16.6. The minimum Gasteiger partial charge on any atom is -0.475 e. The van der Waals surface area contributed by atoms with Gasteiger partial charge in [-0.3, -0.25) is 0 Å². The Morgan fingerprint density at radius 2 is 2.31 bits per heavy atom. The van der Waals surface area contributed by atoms with Gasteiger partial charge in [0.15, 0.2) is 6.23 Å². The Labute approximate surface area is 94.8 Å². The van der Waals surface area contributed by atoms with Gasteiger partial charge in [0, 0.05) is 6.20 Å². The molecule has 0 aliphatic carbocycles. The molecule has 0 saturated heterocycles. The van der Waals surface area contributed by atoms with E-state index in [9.17, 15) is 4.79 Å². The molecule has 0 aromatic rings. The second kappa shape index (κ2) is 5.07. The van der Waals surface area contributed by atoms with Gasteiger partial charge in [0.05, 0.1) is 6.54 Å². The summed E-state index contributed by atoms with van der Waals surface area (Å²) in [6.45, 7) is 5.47. The van der Waals surface area contributed by atoms with Crippen LogP contribution in [0.2, 0.25) is 0 Å². The molecule has 2 N–H and O–H groups in total. The topological polar surface area (TPSA) is 71.0 Å². The van der Waals surface area contributed by atoms with Crippen molar-refractivity contribution in [3.05, 3.63) is 12.5 Å². The van der Waals surface area contributed by atoms with Crippen LogP contribution in [0.1, 0.15) is 20.8 Å². The number of hydrogen-bond acceptors (Lipinski definition) is 5. The first-order valence-electron chi connectivity index (χ1n) is 5.08. The predicted molar refractivity (Wildman–Crippen MR) is 57.2 cm³/mol. The first kappa shape index (κ1) is 12.6. The number of nitrogens with zero attached hydrogens (tertiary/aromatic N) is 1. The third kappa shape index (κ3) is 3.98. The van der Waals surface area contributed by atoms with E-state index in [1.807, 2.05) is 0 Å². The monoisotopic (exact) mass is 230 g/mol. The molecule has 16 heavy (non-hydrogen) atoms. The molecular weight excluding hydrogens is 212 g/mol. The lowest BCUT2D eigenvalue weighted by Gasteiger charge is -2.24. The van der Waals surface area contributed by atoms with E-state index in [2.05, 4.69) is 5.32 Å². The van der Waals surface area contributed by atoms with Crippen LogP contribution in [0.15, 0.2) is 12.5 Å². The highest BCUT2D eigenvalue weighted by Crippen LogP contribution is 2.10. The van der Waals surface area contributed by atoms with Crippen molar-refractivity contribution in [2.24, 2.45) is 0 Å². The molecule has 0 fully saturated rings. The Balaban J connectivity index is 2.27. The van der Waals surface area contributed by atoms with Crippen LogP contribution in [0.3, 0.4) is 0 Å². The summed E-state index contributed by atoms with van der Waals surface area (Å²) >= 11 is 0. The summed E-state index contributed by atoms with van der Waals surface area (Å²) in [5, 5.41) is 11.5. The second-order valence-electron chi connectivity index (χ2n) is 4.41. The van der Waals surface area contributed by atoms with E-state index < -0.39 is 11.7 Å². The fourth-order valence-electron chi connectivity index (χ4n) is 1.17. The molecule has 1 aliphatic rings. The highest BCUT2D eigenvalue weighted by Gasteiger charge is 2.22. The van der Waals surface area contributed by atoms with Gasteiger partial charge in [-0.2, -0.15) is 0 Å². The van der Waals surface area contributed by atoms with Crippen molar-refractivity contribution >= 4 is 6.09 Å². The number of carbonyl (C=O) groups is 1. The Hall–Kier alpha value is -1.43. The zero-order chi connectivity index (χ0) is 12.2. The van der Waals surface area contributed by atoms with Crippen molar-refractivity contribution < 1.29 is 19.4 Å². The van der Waals surface area contributed by atoms with Crippen LogP contribution in [0, 0.1) is 0 Å². The molecule has 0 radical (unpaired) electrons. The lowest BCUT2D eigenvalue weighted by Crippen LogP contribution is -2.42. The number of aliphatic hydroxyl groups is 1. The second-order valence-corrected chi connectivity index (χ2v) is 4.41. The van der Waals surface area contributed by atoms with E-state index in [0.717, 1.165) is 0 Å². The largest absolute Gasteiger partial charge is 0.475 e. The summed E-state index contributed by atoms with van der Waals surface area (Å²) in [7, 11) is 0. The van der Waals surface area contributed by atoms with Gasteiger partial charge in [-0.1, -0.05) is 0 Å². The van der Waals surface area contributed by atoms with Gasteiger partial charge < -0.3 is 24.8 Å². The summed E-state index contributed by atoms with van der Waals surface area (Å²) < 4.78 is 10.2. The summed E-state index contributed by atoms with van der Waals surface area (Å²) in [6, 6.07) is 0. The molecule has 0 bridgehead atoms. The van der Waals surface area contributed by atoms with Crippen LogP contribution in [0.25, 0.3) is 0 Å². The summed E-state index contributed by atoms with van der Waals surface area (Å²) in [4.78, 5) is 12.9. The third-order valence-corrected chi connectivity index (χ3v) is 1.84. The molecule has 6 heteroatoms. The highest BCUT2D eigenvalue weighted by molar-refractivity contribution is 5.67. The first-order chi connectivity index (χ1) is 7.42. The van der Waals surface area contributed by atoms with Crippen LogP contribution in [0.4, 0.5) is 4.79 Å². The van der Waals surface area contributed by atoms with Crippen LogP contribution in [0.5, 0.6) is 0 Å². The number of rotatable bonds is 3. The van der Waals surface area contributed by atoms with Crippen LogP contribution < -0.4 is 5.32 Å². The molecule has 0 aromatic carbocycles. The van der Waals surface area contributed by atoms with Gasteiger partial charge in [-0.15, -0.1) is 0 Å². The average Bonchev–Trinajstić information content (AvgIpc) is 2.59. The lowest BCUT2D eigenvalue weighted by molar-refractivity contribution is 0.00377. The lowest BCUT2D eigenvalue weighted by atomic mass is 10.2. The van der Waals surface area contributed by atoms with E-state index in [1.54, 1.807) is 31.9 Å². The molecule has 1 atom stereocenters. The molecule has 1 unspecified atom stereocenters. The normalized spacial score (nSPS) is 19.5. The zero-order valence-corrected chi connectivity index (χ0v) is 9.77. The molecule has 1 rings (SSSR count). The number of alkyl carbamates (subject to hydrolysis) is 1. The summed E-state index contributed by atoms with van der Waals surface area (Å²) in [5.41, 5.74) is -0.518. The molecule has 92 valence electrons. The van der Waals surface area contributed by atoms with Crippen LogP contribution in [-0.4, -0.2) is 41.2 Å². The maximum Gasteiger partial charge on any atom is 0.407 e. The minimum atomic E-state index is -0.518. The van der Waals surface area contributed by atoms with Crippen molar-refractivity contribution in [1.29, 1.82) is 0 Å². The van der Waals surface area contributed by atoms with E-state index >= 15 is 0 Å². The molecule has 1 amide bonds. The van der Waals surface area contributed by atoms with Crippen molar-refractivity contribution in [1.82, 2.24) is 10.2 Å². The fraction of sp³-hybridized carbons (Fsp3) is 0.700. The predicted octanol–water partition coefficient (Wildman–Crippen LogP) is 0.590. The van der Waals surface area contributed by atoms with Gasteiger partial charge in [0.25, 0.3) is 0 Å². The number of amides is 1. The van der Waals surface area contributed by atoms with Gasteiger partial charge in [-0.25, -0.2) is 4.79 Å². The number of hydrogen-bond donors (Lipinski definition) is 2. The molecule has 1 heterocycles. The molecular formula is C10H18N2O4. The summed E-state index contributed by atoms with van der Waals surface area (Å²) in [6.07, 6.45) is 2.21. The van der Waals surface area contributed by atoms with Gasteiger partial charge in [-0.05, 0) is 20.8 Å². The maximum atomic E-state index is 11.3. The summed E-state index contributed by atoms with van der Waals surface area (Å²) in [5.74, 6) is 0. The Bertz CT molecular complexity index is 272. The SMILES string of the molecule is CC(C)(C)OC(=O)NCC1OC=CN1CO. The van der Waals surface area contributed by atoms with E-state index in [0.29, 0.717) is 0 Å². The number of carbonyl (C=O) groups excluding carboxylic acids is 1. The van der Waals surface area contributed by atoms with E-state index in [1.165, 1.54) is 6.26 Å². The van der Waals surface area contributed by atoms with E-state index in [-0.39, 0.29) is 19.5 Å². The minimum absolute atomic E-state index is 0.156. The number of aliphatic hydroxyl groups excluding tert-OH is 1. The van der Waals surface area contributed by atoms with Crippen molar-refractivity contribution in [3.8, 4) is 0 Å². The van der Waals surface area contributed by atoms with Crippen molar-refractivity contribution in [2.75, 3.05) is 13.3 Å². The average molecular weight is 230 g/mol.